The number of fused-ring (bicyclic) bond motifs is 1. The van der Waals surface area contributed by atoms with Crippen LogP contribution < -0.4 is 4.90 Å². The lowest BCUT2D eigenvalue weighted by Gasteiger charge is -2.27. The molecule has 0 saturated heterocycles. The molecule has 0 aliphatic heterocycles. The standard InChI is InChI=1S/C22H16ClN/c23-20-14-6-7-15-22(20)24(18-11-2-1-3-12-18)21-16-8-10-17-9-4-5-13-19(17)21/h1-16H. The summed E-state index contributed by atoms with van der Waals surface area (Å²) in [5.41, 5.74) is 3.18. The van der Waals surface area contributed by atoms with Crippen LogP contribution in [0.15, 0.2) is 97.1 Å². The van der Waals surface area contributed by atoms with Gasteiger partial charge in [-0.15, -0.1) is 0 Å². The number of nitrogens with zero attached hydrogens (tertiary/aromatic N) is 1. The number of hydrogen-bond donors (Lipinski definition) is 0. The Hall–Kier alpha value is -2.77. The Morgan fingerprint density at radius 1 is 0.542 bits per heavy atom. The third kappa shape index (κ3) is 2.64. The molecule has 0 amide bonds. The van der Waals surface area contributed by atoms with Crippen LogP contribution in [-0.4, -0.2) is 0 Å². The van der Waals surface area contributed by atoms with Crippen molar-refractivity contribution >= 4 is 39.4 Å². The van der Waals surface area contributed by atoms with E-state index in [9.17, 15) is 0 Å². The van der Waals surface area contributed by atoms with Crippen LogP contribution in [0.25, 0.3) is 10.8 Å². The van der Waals surface area contributed by atoms with Gasteiger partial charge in [-0.1, -0.05) is 78.3 Å². The highest BCUT2D eigenvalue weighted by atomic mass is 35.5. The highest BCUT2D eigenvalue weighted by molar-refractivity contribution is 6.33. The number of hydrogen-bond acceptors (Lipinski definition) is 1. The number of para-hydroxylation sites is 2. The van der Waals surface area contributed by atoms with Crippen molar-refractivity contribution in [2.75, 3.05) is 4.90 Å². The fourth-order valence-electron chi connectivity index (χ4n) is 3.02. The summed E-state index contributed by atoms with van der Waals surface area (Å²) in [6.07, 6.45) is 0. The molecular weight excluding hydrogens is 314 g/mol. The second kappa shape index (κ2) is 6.38. The molecule has 24 heavy (non-hydrogen) atoms. The van der Waals surface area contributed by atoms with E-state index in [2.05, 4.69) is 65.6 Å². The van der Waals surface area contributed by atoms with Crippen LogP contribution in [0.5, 0.6) is 0 Å². The summed E-state index contributed by atoms with van der Waals surface area (Å²) in [7, 11) is 0. The second-order valence-electron chi connectivity index (χ2n) is 5.62. The van der Waals surface area contributed by atoms with Gasteiger partial charge in [0.1, 0.15) is 0 Å². The van der Waals surface area contributed by atoms with E-state index in [-0.39, 0.29) is 0 Å². The number of halogens is 1. The van der Waals surface area contributed by atoms with Gasteiger partial charge < -0.3 is 4.90 Å². The zero-order valence-corrected chi connectivity index (χ0v) is 13.8. The topological polar surface area (TPSA) is 3.24 Å². The summed E-state index contributed by atoms with van der Waals surface area (Å²) in [6.45, 7) is 0. The van der Waals surface area contributed by atoms with Crippen molar-refractivity contribution in [2.45, 2.75) is 0 Å². The fourth-order valence-corrected chi connectivity index (χ4v) is 3.24. The van der Waals surface area contributed by atoms with Gasteiger partial charge in [-0.05, 0) is 35.7 Å². The van der Waals surface area contributed by atoms with Gasteiger partial charge in [0.2, 0.25) is 0 Å². The normalized spacial score (nSPS) is 10.7. The molecule has 0 aliphatic carbocycles. The second-order valence-corrected chi connectivity index (χ2v) is 6.03. The van der Waals surface area contributed by atoms with Crippen molar-refractivity contribution in [1.82, 2.24) is 0 Å². The van der Waals surface area contributed by atoms with Gasteiger partial charge in [0.15, 0.2) is 0 Å². The summed E-state index contributed by atoms with van der Waals surface area (Å²) < 4.78 is 0. The van der Waals surface area contributed by atoms with Crippen molar-refractivity contribution in [1.29, 1.82) is 0 Å². The molecule has 0 fully saturated rings. The number of rotatable bonds is 3. The maximum Gasteiger partial charge on any atom is 0.0648 e. The van der Waals surface area contributed by atoms with Gasteiger partial charge in [-0.25, -0.2) is 0 Å². The maximum atomic E-state index is 6.53. The lowest BCUT2D eigenvalue weighted by atomic mass is 10.1. The van der Waals surface area contributed by atoms with Crippen LogP contribution >= 0.6 is 11.6 Å². The molecule has 4 aromatic rings. The molecule has 0 radical (unpaired) electrons. The van der Waals surface area contributed by atoms with E-state index in [1.54, 1.807) is 0 Å². The van der Waals surface area contributed by atoms with Crippen molar-refractivity contribution in [3.8, 4) is 0 Å². The quantitative estimate of drug-likeness (QED) is 0.392. The first-order valence-electron chi connectivity index (χ1n) is 7.92. The van der Waals surface area contributed by atoms with Crippen LogP contribution in [0.2, 0.25) is 5.02 Å². The molecule has 0 saturated carbocycles. The Labute approximate surface area is 146 Å². The van der Waals surface area contributed by atoms with Gasteiger partial charge >= 0.3 is 0 Å². The molecule has 0 aliphatic rings. The van der Waals surface area contributed by atoms with E-state index in [0.29, 0.717) is 0 Å². The molecular formula is C22H16ClN. The molecule has 0 aromatic heterocycles. The van der Waals surface area contributed by atoms with Gasteiger partial charge in [0, 0.05) is 11.1 Å². The highest BCUT2D eigenvalue weighted by Gasteiger charge is 2.16. The summed E-state index contributed by atoms with van der Waals surface area (Å²) in [6, 6.07) is 33.1. The lowest BCUT2D eigenvalue weighted by Crippen LogP contribution is -2.10. The minimum absolute atomic E-state index is 0.731. The smallest absolute Gasteiger partial charge is 0.0648 e. The van der Waals surface area contributed by atoms with E-state index >= 15 is 0 Å². The van der Waals surface area contributed by atoms with Crippen molar-refractivity contribution in [3.63, 3.8) is 0 Å². The molecule has 116 valence electrons. The Bertz CT molecular complexity index is 974. The molecule has 0 spiro atoms. The van der Waals surface area contributed by atoms with Crippen LogP contribution in [0.3, 0.4) is 0 Å². The Balaban J connectivity index is 2.01. The number of anilines is 3. The third-order valence-electron chi connectivity index (χ3n) is 4.12. The van der Waals surface area contributed by atoms with Crippen molar-refractivity contribution in [2.24, 2.45) is 0 Å². The first-order valence-corrected chi connectivity index (χ1v) is 8.30. The highest BCUT2D eigenvalue weighted by Crippen LogP contribution is 2.41. The summed E-state index contributed by atoms with van der Waals surface area (Å²) in [5.74, 6) is 0. The van der Waals surface area contributed by atoms with E-state index in [0.717, 1.165) is 22.1 Å². The first-order chi connectivity index (χ1) is 11.8. The predicted octanol–water partition coefficient (Wildman–Crippen LogP) is 6.96. The fraction of sp³-hybridized carbons (Fsp3) is 0. The van der Waals surface area contributed by atoms with Crippen LogP contribution in [0.4, 0.5) is 17.1 Å². The zero-order valence-electron chi connectivity index (χ0n) is 13.1. The lowest BCUT2D eigenvalue weighted by molar-refractivity contribution is 1.30. The van der Waals surface area contributed by atoms with E-state index in [4.69, 9.17) is 11.6 Å². The van der Waals surface area contributed by atoms with Gasteiger partial charge in [0.25, 0.3) is 0 Å². The summed E-state index contributed by atoms with van der Waals surface area (Å²) in [5, 5.41) is 3.14. The third-order valence-corrected chi connectivity index (χ3v) is 4.43. The molecule has 0 atom stereocenters. The first kappa shape index (κ1) is 14.8. The molecule has 1 nitrogen and oxygen atoms in total. The summed E-state index contributed by atoms with van der Waals surface area (Å²) in [4.78, 5) is 2.21. The van der Waals surface area contributed by atoms with Crippen molar-refractivity contribution < 1.29 is 0 Å². The largest absolute Gasteiger partial charge is 0.308 e. The Kier molecular flexibility index (Phi) is 3.94. The monoisotopic (exact) mass is 329 g/mol. The van der Waals surface area contributed by atoms with E-state index < -0.39 is 0 Å². The molecule has 2 heteroatoms. The molecule has 0 N–H and O–H groups in total. The van der Waals surface area contributed by atoms with Gasteiger partial charge in [-0.3, -0.25) is 0 Å². The average Bonchev–Trinajstić information content (AvgIpc) is 2.65. The molecule has 4 rings (SSSR count). The minimum atomic E-state index is 0.731. The Morgan fingerprint density at radius 3 is 2.00 bits per heavy atom. The predicted molar refractivity (Wildman–Crippen MR) is 104 cm³/mol. The summed E-state index contributed by atoms with van der Waals surface area (Å²) >= 11 is 6.53. The maximum absolute atomic E-state index is 6.53. The molecule has 0 unspecified atom stereocenters. The molecule has 0 bridgehead atoms. The van der Waals surface area contributed by atoms with Crippen LogP contribution in [-0.2, 0) is 0 Å². The van der Waals surface area contributed by atoms with Crippen molar-refractivity contribution in [3.05, 3.63) is 102 Å². The average molecular weight is 330 g/mol. The zero-order chi connectivity index (χ0) is 16.4. The molecule has 4 aromatic carbocycles. The molecule has 0 heterocycles. The van der Waals surface area contributed by atoms with Gasteiger partial charge in [-0.2, -0.15) is 0 Å². The number of benzene rings is 4. The SMILES string of the molecule is Clc1ccccc1N(c1ccccc1)c1cccc2ccccc12. The van der Waals surface area contributed by atoms with Crippen LogP contribution in [0, 0.1) is 0 Å². The van der Waals surface area contributed by atoms with E-state index in [1.807, 2.05) is 36.4 Å². The van der Waals surface area contributed by atoms with Gasteiger partial charge in [0.05, 0.1) is 16.4 Å². The van der Waals surface area contributed by atoms with E-state index in [1.165, 1.54) is 10.8 Å². The van der Waals surface area contributed by atoms with Crippen LogP contribution in [0.1, 0.15) is 0 Å². The minimum Gasteiger partial charge on any atom is -0.308 e. The Morgan fingerprint density at radius 2 is 1.17 bits per heavy atom.